The lowest BCUT2D eigenvalue weighted by atomic mass is 9.88. The van der Waals surface area contributed by atoms with E-state index in [0.717, 1.165) is 34.2 Å². The molecule has 1 unspecified atom stereocenters. The molecule has 0 N–H and O–H groups in total. The van der Waals surface area contributed by atoms with Crippen LogP contribution in [0, 0.1) is 11.8 Å². The molecule has 0 amide bonds. The molecule has 1 aromatic carbocycles. The minimum atomic E-state index is 0.275. The van der Waals surface area contributed by atoms with Crippen molar-refractivity contribution in [3.05, 3.63) is 33.8 Å². The van der Waals surface area contributed by atoms with Crippen molar-refractivity contribution in [2.75, 3.05) is 7.11 Å². The predicted octanol–water partition coefficient (Wildman–Crippen LogP) is 5.01. The highest BCUT2D eigenvalue weighted by atomic mass is 79.9. The normalized spacial score (nSPS) is 25.0. The Morgan fingerprint density at radius 3 is 2.71 bits per heavy atom. The van der Waals surface area contributed by atoms with Crippen LogP contribution in [-0.2, 0) is 4.79 Å². The van der Waals surface area contributed by atoms with E-state index in [1.807, 2.05) is 24.3 Å². The molecular weight excluding hydrogens is 328 g/mol. The molecule has 0 saturated heterocycles. The molecule has 0 aliphatic heterocycles. The molecule has 1 aromatic rings. The van der Waals surface area contributed by atoms with E-state index in [4.69, 9.17) is 4.74 Å². The Hall–Kier alpha value is -1.09. The molecule has 2 saturated carbocycles. The maximum absolute atomic E-state index is 12.7. The van der Waals surface area contributed by atoms with Gasteiger partial charge < -0.3 is 4.74 Å². The van der Waals surface area contributed by atoms with Crippen LogP contribution < -0.4 is 4.74 Å². The maximum atomic E-state index is 12.7. The number of ketones is 1. The van der Waals surface area contributed by atoms with Gasteiger partial charge >= 0.3 is 0 Å². The second-order valence-electron chi connectivity index (χ2n) is 6.11. The molecule has 3 heteroatoms. The Balaban J connectivity index is 1.84. The number of benzene rings is 1. The van der Waals surface area contributed by atoms with Gasteiger partial charge in [-0.15, -0.1) is 0 Å². The van der Waals surface area contributed by atoms with Crippen LogP contribution in [0.25, 0.3) is 6.08 Å². The van der Waals surface area contributed by atoms with Crippen LogP contribution in [0.5, 0.6) is 5.75 Å². The first kappa shape index (κ1) is 14.8. The van der Waals surface area contributed by atoms with Crippen LogP contribution in [0.15, 0.2) is 28.2 Å². The summed E-state index contributed by atoms with van der Waals surface area (Å²) < 4.78 is 6.40. The van der Waals surface area contributed by atoms with Gasteiger partial charge in [-0.2, -0.15) is 0 Å². The number of rotatable bonds is 3. The lowest BCUT2D eigenvalue weighted by Crippen LogP contribution is -2.16. The van der Waals surface area contributed by atoms with Gasteiger partial charge in [0.05, 0.1) is 7.11 Å². The smallest absolute Gasteiger partial charge is 0.162 e. The Kier molecular flexibility index (Phi) is 4.48. The second kappa shape index (κ2) is 6.35. The lowest BCUT2D eigenvalue weighted by Gasteiger charge is -2.15. The number of Topliss-reactive ketones (excluding diaryl/α,β-unsaturated/α-hetero) is 1. The molecule has 0 heterocycles. The molecule has 0 spiro atoms. The molecule has 21 heavy (non-hydrogen) atoms. The van der Waals surface area contributed by atoms with E-state index in [1.165, 1.54) is 25.7 Å². The van der Waals surface area contributed by atoms with Crippen LogP contribution in [0.4, 0.5) is 0 Å². The van der Waals surface area contributed by atoms with Gasteiger partial charge in [0.1, 0.15) is 5.75 Å². The largest absolute Gasteiger partial charge is 0.496 e. The zero-order valence-corrected chi connectivity index (χ0v) is 14.0. The Morgan fingerprint density at radius 2 is 2.00 bits per heavy atom. The summed E-state index contributed by atoms with van der Waals surface area (Å²) in [6.45, 7) is 0. The fourth-order valence-electron chi connectivity index (χ4n) is 3.76. The van der Waals surface area contributed by atoms with Gasteiger partial charge in [-0.25, -0.2) is 0 Å². The number of hydrogen-bond acceptors (Lipinski definition) is 2. The van der Waals surface area contributed by atoms with E-state index in [2.05, 4.69) is 15.9 Å². The summed E-state index contributed by atoms with van der Waals surface area (Å²) in [7, 11) is 1.67. The zero-order chi connectivity index (χ0) is 14.8. The minimum Gasteiger partial charge on any atom is -0.496 e. The second-order valence-corrected chi connectivity index (χ2v) is 7.03. The van der Waals surface area contributed by atoms with Crippen molar-refractivity contribution in [2.45, 2.75) is 38.5 Å². The van der Waals surface area contributed by atoms with E-state index < -0.39 is 0 Å². The molecule has 0 radical (unpaired) electrons. The zero-order valence-electron chi connectivity index (χ0n) is 12.4. The first-order chi connectivity index (χ1) is 10.2. The standard InChI is InChI=1S/C18H21BrO2/c1-21-17-9-7-15(19)11-14(17)10-13-6-8-16(18(13)20)12-4-2-3-5-12/h7,9-12,16H,2-6,8H2,1H3. The highest BCUT2D eigenvalue weighted by Gasteiger charge is 2.36. The van der Waals surface area contributed by atoms with Crippen molar-refractivity contribution in [1.29, 1.82) is 0 Å². The van der Waals surface area contributed by atoms with E-state index in [1.54, 1.807) is 7.11 Å². The van der Waals surface area contributed by atoms with Crippen LogP contribution >= 0.6 is 15.9 Å². The number of allylic oxidation sites excluding steroid dienone is 1. The molecule has 3 rings (SSSR count). The van der Waals surface area contributed by atoms with Gasteiger partial charge in [-0.3, -0.25) is 4.79 Å². The summed E-state index contributed by atoms with van der Waals surface area (Å²) in [4.78, 5) is 12.7. The summed E-state index contributed by atoms with van der Waals surface area (Å²) in [5, 5.41) is 0. The average molecular weight is 349 g/mol. The molecule has 112 valence electrons. The van der Waals surface area contributed by atoms with Crippen LogP contribution in [-0.4, -0.2) is 12.9 Å². The fourth-order valence-corrected chi connectivity index (χ4v) is 4.14. The molecule has 2 aliphatic carbocycles. The number of carbonyl (C=O) groups is 1. The van der Waals surface area contributed by atoms with Crippen LogP contribution in [0.2, 0.25) is 0 Å². The number of carbonyl (C=O) groups excluding carboxylic acids is 1. The van der Waals surface area contributed by atoms with Crippen molar-refractivity contribution >= 4 is 27.8 Å². The summed E-state index contributed by atoms with van der Waals surface area (Å²) in [5.74, 6) is 2.11. The van der Waals surface area contributed by atoms with Crippen LogP contribution in [0.1, 0.15) is 44.1 Å². The predicted molar refractivity (Wildman–Crippen MR) is 88.4 cm³/mol. The third-order valence-corrected chi connectivity index (χ3v) is 5.36. The van der Waals surface area contributed by atoms with Gasteiger partial charge in [0.2, 0.25) is 0 Å². The number of hydrogen-bond donors (Lipinski definition) is 0. The maximum Gasteiger partial charge on any atom is 0.162 e. The SMILES string of the molecule is COc1ccc(Br)cc1C=C1CCC(C2CCCC2)C1=O. The van der Waals surface area contributed by atoms with Crippen LogP contribution in [0.3, 0.4) is 0 Å². The topological polar surface area (TPSA) is 26.3 Å². The van der Waals surface area contributed by atoms with Crippen molar-refractivity contribution in [3.63, 3.8) is 0 Å². The first-order valence-corrected chi connectivity index (χ1v) is 8.56. The van der Waals surface area contributed by atoms with Gasteiger partial charge in [0.25, 0.3) is 0 Å². The summed E-state index contributed by atoms with van der Waals surface area (Å²) >= 11 is 3.49. The lowest BCUT2D eigenvalue weighted by molar-refractivity contribution is -0.119. The third-order valence-electron chi connectivity index (χ3n) is 4.87. The molecule has 2 nitrogen and oxygen atoms in total. The highest BCUT2D eigenvalue weighted by Crippen LogP contribution is 2.41. The van der Waals surface area contributed by atoms with E-state index in [-0.39, 0.29) is 5.92 Å². The van der Waals surface area contributed by atoms with Crippen molar-refractivity contribution in [1.82, 2.24) is 0 Å². The Labute approximate surface area is 134 Å². The van der Waals surface area contributed by atoms with Gasteiger partial charge in [-0.05, 0) is 61.4 Å². The molecule has 2 aliphatic rings. The van der Waals surface area contributed by atoms with E-state index in [0.29, 0.717) is 11.7 Å². The molecular formula is C18H21BrO2. The summed E-state index contributed by atoms with van der Waals surface area (Å²) in [6.07, 6.45) is 9.05. The third kappa shape index (κ3) is 3.08. The number of halogens is 1. The van der Waals surface area contributed by atoms with Crippen molar-refractivity contribution in [2.24, 2.45) is 11.8 Å². The first-order valence-electron chi connectivity index (χ1n) is 7.77. The van der Waals surface area contributed by atoms with Gasteiger partial charge in [-0.1, -0.05) is 28.8 Å². The van der Waals surface area contributed by atoms with Crippen molar-refractivity contribution in [3.8, 4) is 5.75 Å². The molecule has 0 bridgehead atoms. The Bertz CT molecular complexity index is 571. The van der Waals surface area contributed by atoms with Gasteiger partial charge in [0.15, 0.2) is 5.78 Å². The van der Waals surface area contributed by atoms with Crippen molar-refractivity contribution < 1.29 is 9.53 Å². The fraction of sp³-hybridized carbons (Fsp3) is 0.500. The van der Waals surface area contributed by atoms with E-state index >= 15 is 0 Å². The molecule has 0 aromatic heterocycles. The highest BCUT2D eigenvalue weighted by molar-refractivity contribution is 9.10. The quantitative estimate of drug-likeness (QED) is 0.717. The monoisotopic (exact) mass is 348 g/mol. The van der Waals surface area contributed by atoms with Gasteiger partial charge in [0, 0.05) is 16.0 Å². The minimum absolute atomic E-state index is 0.275. The molecule has 1 atom stereocenters. The average Bonchev–Trinajstić information content (AvgIpc) is 3.10. The van der Waals surface area contributed by atoms with E-state index in [9.17, 15) is 4.79 Å². The number of methoxy groups -OCH3 is 1. The Morgan fingerprint density at radius 1 is 1.24 bits per heavy atom. The number of ether oxygens (including phenoxy) is 1. The summed E-state index contributed by atoms with van der Waals surface area (Å²) in [6, 6.07) is 5.91. The summed E-state index contributed by atoms with van der Waals surface area (Å²) in [5.41, 5.74) is 1.96. The molecule has 2 fully saturated rings.